The van der Waals surface area contributed by atoms with Crippen LogP contribution in [0.25, 0.3) is 0 Å². The Morgan fingerprint density at radius 3 is 2.53 bits per heavy atom. The summed E-state index contributed by atoms with van der Waals surface area (Å²) in [5.74, 6) is 5.01. The topological polar surface area (TPSA) is 85.2 Å². The van der Waals surface area contributed by atoms with E-state index >= 15 is 0 Å². The summed E-state index contributed by atoms with van der Waals surface area (Å²) in [6.07, 6.45) is 3.51. The SMILES string of the molecule is C=CC[C@@H](C[C@@H](O)CC(=O)O[C@@H](CCC)C[C@H](CC#CCO)OC)OCc1ccccc1. The summed E-state index contributed by atoms with van der Waals surface area (Å²) in [7, 11) is 1.59. The molecule has 2 N–H and O–H groups in total. The zero-order valence-corrected chi connectivity index (χ0v) is 19.4. The number of hydrogen-bond donors (Lipinski definition) is 2. The summed E-state index contributed by atoms with van der Waals surface area (Å²) in [5, 5.41) is 19.2. The molecule has 0 amide bonds. The molecule has 0 saturated heterocycles. The summed E-state index contributed by atoms with van der Waals surface area (Å²) in [5.41, 5.74) is 1.05. The smallest absolute Gasteiger partial charge is 0.308 e. The Bertz CT molecular complexity index is 693. The molecule has 6 nitrogen and oxygen atoms in total. The van der Waals surface area contributed by atoms with E-state index in [0.717, 1.165) is 12.0 Å². The van der Waals surface area contributed by atoms with Gasteiger partial charge in [0.15, 0.2) is 0 Å². The second-order valence-electron chi connectivity index (χ2n) is 7.75. The van der Waals surface area contributed by atoms with Gasteiger partial charge in [-0.2, -0.15) is 0 Å². The average Bonchev–Trinajstić information content (AvgIpc) is 2.77. The van der Waals surface area contributed by atoms with E-state index in [0.29, 0.717) is 38.7 Å². The normalized spacial score (nSPS) is 14.5. The second kappa shape index (κ2) is 17.4. The molecule has 4 atom stereocenters. The third-order valence-corrected chi connectivity index (χ3v) is 5.00. The first kappa shape index (κ1) is 27.9. The minimum atomic E-state index is -0.862. The number of methoxy groups -OCH3 is 1. The van der Waals surface area contributed by atoms with Gasteiger partial charge in [0, 0.05) is 26.4 Å². The van der Waals surface area contributed by atoms with Gasteiger partial charge in [0.05, 0.1) is 31.3 Å². The molecule has 1 aromatic rings. The highest BCUT2D eigenvalue weighted by molar-refractivity contribution is 5.70. The molecule has 1 rings (SSSR count). The Kier molecular flexibility index (Phi) is 15.1. The number of hydrogen-bond acceptors (Lipinski definition) is 6. The van der Waals surface area contributed by atoms with Gasteiger partial charge in [-0.1, -0.05) is 61.6 Å². The van der Waals surface area contributed by atoms with Gasteiger partial charge in [-0.15, -0.1) is 6.58 Å². The molecule has 0 heterocycles. The molecule has 0 saturated carbocycles. The van der Waals surface area contributed by atoms with E-state index in [4.69, 9.17) is 19.3 Å². The number of rotatable bonds is 16. The van der Waals surface area contributed by atoms with Crippen molar-refractivity contribution >= 4 is 5.97 Å². The quantitative estimate of drug-likeness (QED) is 0.228. The monoisotopic (exact) mass is 446 g/mol. The highest BCUT2D eigenvalue weighted by atomic mass is 16.5. The van der Waals surface area contributed by atoms with Crippen LogP contribution in [0.15, 0.2) is 43.0 Å². The Labute approximate surface area is 192 Å². The zero-order chi connectivity index (χ0) is 23.6. The molecular weight excluding hydrogens is 408 g/mol. The predicted octanol–water partition coefficient (Wildman–Crippen LogP) is 3.79. The molecule has 0 aliphatic carbocycles. The van der Waals surface area contributed by atoms with Crippen LogP contribution in [0.4, 0.5) is 0 Å². The summed E-state index contributed by atoms with van der Waals surface area (Å²) in [6, 6.07) is 9.81. The van der Waals surface area contributed by atoms with Crippen LogP contribution in [0.5, 0.6) is 0 Å². The highest BCUT2D eigenvalue weighted by Crippen LogP contribution is 2.17. The standard InChI is InChI=1S/C26H38O6/c1-4-11-24(31-20-21-13-7-6-8-14-21)17-22(28)18-26(29)32-25(12-5-2)19-23(30-3)15-9-10-16-27/h4,6-8,13-14,22-25,27-28H,1,5,11-12,15-20H2,2-3H3/t22-,23+,24+,25+/m1/s1. The molecule has 0 fully saturated rings. The lowest BCUT2D eigenvalue weighted by molar-refractivity contribution is -0.153. The van der Waals surface area contributed by atoms with Crippen molar-refractivity contribution in [3.8, 4) is 11.8 Å². The maximum absolute atomic E-state index is 12.4. The summed E-state index contributed by atoms with van der Waals surface area (Å²) in [4.78, 5) is 12.4. The fraction of sp³-hybridized carbons (Fsp3) is 0.577. The average molecular weight is 447 g/mol. The number of benzene rings is 1. The van der Waals surface area contributed by atoms with E-state index in [1.807, 2.05) is 37.3 Å². The van der Waals surface area contributed by atoms with Crippen molar-refractivity contribution in [2.75, 3.05) is 13.7 Å². The predicted molar refractivity (Wildman–Crippen MR) is 125 cm³/mol. The Hall–Kier alpha value is -2.17. The van der Waals surface area contributed by atoms with Crippen molar-refractivity contribution in [1.29, 1.82) is 0 Å². The van der Waals surface area contributed by atoms with Gasteiger partial charge >= 0.3 is 5.97 Å². The van der Waals surface area contributed by atoms with E-state index in [1.54, 1.807) is 13.2 Å². The zero-order valence-electron chi connectivity index (χ0n) is 19.4. The number of esters is 1. The molecule has 0 spiro atoms. The first-order valence-corrected chi connectivity index (χ1v) is 11.3. The van der Waals surface area contributed by atoms with Gasteiger partial charge in [-0.05, 0) is 18.4 Å². The maximum atomic E-state index is 12.4. The van der Waals surface area contributed by atoms with E-state index in [9.17, 15) is 9.90 Å². The Morgan fingerprint density at radius 2 is 1.91 bits per heavy atom. The molecule has 0 unspecified atom stereocenters. The van der Waals surface area contributed by atoms with Gasteiger partial charge in [0.1, 0.15) is 12.7 Å². The molecule has 0 bridgehead atoms. The summed E-state index contributed by atoms with van der Waals surface area (Å²) in [6.45, 7) is 6.02. The van der Waals surface area contributed by atoms with E-state index in [1.165, 1.54) is 0 Å². The van der Waals surface area contributed by atoms with Crippen LogP contribution in [-0.4, -0.2) is 54.3 Å². The van der Waals surface area contributed by atoms with Gasteiger partial charge in [0.25, 0.3) is 0 Å². The first-order chi connectivity index (χ1) is 15.5. The number of carbonyl (C=O) groups excluding carboxylic acids is 1. The number of carbonyl (C=O) groups is 1. The van der Waals surface area contributed by atoms with Crippen LogP contribution in [0.1, 0.15) is 57.4 Å². The lowest BCUT2D eigenvalue weighted by Gasteiger charge is -2.23. The lowest BCUT2D eigenvalue weighted by atomic mass is 10.0. The van der Waals surface area contributed by atoms with Crippen LogP contribution in [0.2, 0.25) is 0 Å². The molecule has 1 aromatic carbocycles. The van der Waals surface area contributed by atoms with Crippen LogP contribution in [0.3, 0.4) is 0 Å². The molecule has 0 aliphatic heterocycles. The van der Waals surface area contributed by atoms with Crippen LogP contribution >= 0.6 is 0 Å². The first-order valence-electron chi connectivity index (χ1n) is 11.3. The third-order valence-electron chi connectivity index (χ3n) is 5.00. The van der Waals surface area contributed by atoms with E-state index in [-0.39, 0.29) is 31.3 Å². The number of ether oxygens (including phenoxy) is 3. The summed E-state index contributed by atoms with van der Waals surface area (Å²) < 4.78 is 17.0. The van der Waals surface area contributed by atoms with Crippen LogP contribution in [0, 0.1) is 11.8 Å². The molecule has 6 heteroatoms. The molecule has 0 aliphatic rings. The van der Waals surface area contributed by atoms with Crippen molar-refractivity contribution in [2.24, 2.45) is 0 Å². The molecule has 178 valence electrons. The summed E-state index contributed by atoms with van der Waals surface area (Å²) >= 11 is 0. The van der Waals surface area contributed by atoms with Gasteiger partial charge in [-0.25, -0.2) is 0 Å². The largest absolute Gasteiger partial charge is 0.462 e. The Morgan fingerprint density at radius 1 is 1.16 bits per heavy atom. The van der Waals surface area contributed by atoms with Gasteiger partial charge in [0.2, 0.25) is 0 Å². The van der Waals surface area contributed by atoms with Crippen molar-refractivity contribution in [1.82, 2.24) is 0 Å². The van der Waals surface area contributed by atoms with E-state index < -0.39 is 12.1 Å². The highest BCUT2D eigenvalue weighted by Gasteiger charge is 2.22. The van der Waals surface area contributed by atoms with E-state index in [2.05, 4.69) is 18.4 Å². The minimum Gasteiger partial charge on any atom is -0.462 e. The van der Waals surface area contributed by atoms with Crippen molar-refractivity contribution in [3.05, 3.63) is 48.6 Å². The lowest BCUT2D eigenvalue weighted by Crippen LogP contribution is -2.28. The van der Waals surface area contributed by atoms with Crippen LogP contribution in [-0.2, 0) is 25.6 Å². The third kappa shape index (κ3) is 12.6. The van der Waals surface area contributed by atoms with Gasteiger partial charge < -0.3 is 24.4 Å². The minimum absolute atomic E-state index is 0.0927. The molecule has 32 heavy (non-hydrogen) atoms. The second-order valence-corrected chi connectivity index (χ2v) is 7.75. The van der Waals surface area contributed by atoms with Crippen LogP contribution < -0.4 is 0 Å². The number of aliphatic hydroxyl groups excluding tert-OH is 2. The molecule has 0 aromatic heterocycles. The maximum Gasteiger partial charge on any atom is 0.308 e. The Balaban J connectivity index is 2.53. The fourth-order valence-electron chi connectivity index (χ4n) is 3.36. The molecular formula is C26H38O6. The molecule has 0 radical (unpaired) electrons. The van der Waals surface area contributed by atoms with Crippen molar-refractivity contribution in [3.63, 3.8) is 0 Å². The van der Waals surface area contributed by atoms with Crippen molar-refractivity contribution < 1.29 is 29.2 Å². The van der Waals surface area contributed by atoms with Crippen molar-refractivity contribution in [2.45, 2.75) is 82.9 Å². The fourth-order valence-corrected chi connectivity index (χ4v) is 3.36. The number of aliphatic hydroxyl groups is 2. The van der Waals surface area contributed by atoms with Gasteiger partial charge in [-0.3, -0.25) is 4.79 Å².